The Bertz CT molecular complexity index is 1730. The minimum Gasteiger partial charge on any atom is -0.364 e. The maximum Gasteiger partial charge on any atom is 0.416 e. The van der Waals surface area contributed by atoms with Crippen LogP contribution in [0.4, 0.5) is 17.6 Å². The van der Waals surface area contributed by atoms with Crippen molar-refractivity contribution in [3.05, 3.63) is 120 Å². The summed E-state index contributed by atoms with van der Waals surface area (Å²) in [4.78, 5) is 34.5. The molecule has 0 saturated carbocycles. The summed E-state index contributed by atoms with van der Waals surface area (Å²) in [7, 11) is 0. The number of alkyl halides is 3. The van der Waals surface area contributed by atoms with Crippen molar-refractivity contribution in [2.24, 2.45) is 5.73 Å². The fraction of sp³-hybridized carbons (Fsp3) is 0.367. The highest BCUT2D eigenvalue weighted by atomic mass is 32.1. The number of nitrogens with zero attached hydrogens (tertiary/aromatic N) is 4. The van der Waals surface area contributed by atoms with E-state index in [0.29, 0.717) is 38.0 Å². The molecular formula is C30H29F4N5O3S. The Balaban J connectivity index is 1.44. The first kappa shape index (κ1) is 29.4. The number of aromatic nitrogens is 3. The lowest BCUT2D eigenvalue weighted by Crippen LogP contribution is -2.49. The minimum absolute atomic E-state index is 0.159. The van der Waals surface area contributed by atoms with Crippen molar-refractivity contribution in [1.29, 1.82) is 0 Å². The monoisotopic (exact) mass is 615 g/mol. The molecule has 1 atom stereocenters. The van der Waals surface area contributed by atoms with E-state index in [9.17, 15) is 27.2 Å². The highest BCUT2D eigenvalue weighted by molar-refractivity contribution is 7.09. The van der Waals surface area contributed by atoms with Crippen molar-refractivity contribution in [2.75, 3.05) is 13.1 Å². The largest absolute Gasteiger partial charge is 0.416 e. The number of hydrogen-bond acceptors (Lipinski definition) is 7. The summed E-state index contributed by atoms with van der Waals surface area (Å²) in [5, 5.41) is 2.86. The molecule has 0 unspecified atom stereocenters. The standard InChI is InChI=1S/C30H29F4N5O3S/c31-22-8-4-7-21(30(32,33)34)20(22)15-38-24-18-42-29(9-12-37(13-10-29)17-25-36-11-14-43-25)26(24)27(40)39(28(38)41)16-23(35)19-5-2-1-3-6-19/h1-8,11,14,23H,9-10,12-13,15-18,35H2/t23-/m0/s1. The molecule has 2 aliphatic rings. The third-order valence-corrected chi connectivity index (χ3v) is 9.09. The average molecular weight is 616 g/mol. The first-order chi connectivity index (χ1) is 20.6. The first-order valence-electron chi connectivity index (χ1n) is 13.8. The van der Waals surface area contributed by atoms with Gasteiger partial charge in [0.2, 0.25) is 0 Å². The summed E-state index contributed by atoms with van der Waals surface area (Å²) in [5.41, 5.74) is 3.13. The van der Waals surface area contributed by atoms with Crippen LogP contribution in [0.1, 0.15) is 51.8 Å². The fourth-order valence-corrected chi connectivity index (χ4v) is 6.74. The van der Waals surface area contributed by atoms with Gasteiger partial charge in [0.1, 0.15) is 16.4 Å². The molecule has 4 heterocycles. The SMILES string of the molecule is N[C@@H](Cn1c(=O)c2c(n(Cc3c(F)cccc3C(F)(F)F)c1=O)COC21CCN(Cc2nccs2)CC1)c1ccccc1. The predicted molar refractivity (Wildman–Crippen MR) is 152 cm³/mol. The number of halogens is 4. The Morgan fingerprint density at radius 1 is 1.02 bits per heavy atom. The third kappa shape index (κ3) is 5.57. The lowest BCUT2D eigenvalue weighted by molar-refractivity contribution is -0.138. The van der Waals surface area contributed by atoms with E-state index in [4.69, 9.17) is 10.5 Å². The molecule has 6 rings (SSSR count). The molecule has 0 radical (unpaired) electrons. The quantitative estimate of drug-likeness (QED) is 0.310. The molecule has 13 heteroatoms. The van der Waals surface area contributed by atoms with E-state index >= 15 is 0 Å². The van der Waals surface area contributed by atoms with E-state index in [1.54, 1.807) is 47.9 Å². The van der Waals surface area contributed by atoms with Crippen LogP contribution >= 0.6 is 11.3 Å². The van der Waals surface area contributed by atoms with Gasteiger partial charge < -0.3 is 10.5 Å². The van der Waals surface area contributed by atoms with Crippen LogP contribution in [-0.2, 0) is 42.8 Å². The molecule has 2 N–H and O–H groups in total. The molecule has 0 bridgehead atoms. The van der Waals surface area contributed by atoms with E-state index in [1.165, 1.54) is 0 Å². The number of rotatable bonds is 7. The number of thiazole rings is 1. The second kappa shape index (κ2) is 11.5. The zero-order valence-corrected chi connectivity index (χ0v) is 23.8. The van der Waals surface area contributed by atoms with Crippen molar-refractivity contribution in [2.45, 2.75) is 56.9 Å². The predicted octanol–water partition coefficient (Wildman–Crippen LogP) is 4.39. The number of likely N-dealkylation sites (tertiary alicyclic amines) is 1. The smallest absolute Gasteiger partial charge is 0.364 e. The molecule has 1 spiro atoms. The van der Waals surface area contributed by atoms with Gasteiger partial charge in [-0.1, -0.05) is 36.4 Å². The molecule has 0 amide bonds. The van der Waals surface area contributed by atoms with Gasteiger partial charge in [-0.3, -0.25) is 18.8 Å². The molecule has 226 valence electrons. The van der Waals surface area contributed by atoms with Crippen LogP contribution in [0, 0.1) is 5.82 Å². The Kier molecular flexibility index (Phi) is 7.84. The Hall–Kier alpha value is -3.65. The normalized spacial score (nSPS) is 17.3. The third-order valence-electron chi connectivity index (χ3n) is 8.33. The van der Waals surface area contributed by atoms with Gasteiger partial charge >= 0.3 is 11.9 Å². The minimum atomic E-state index is -4.85. The van der Waals surface area contributed by atoms with Gasteiger partial charge in [-0.15, -0.1) is 11.3 Å². The number of ether oxygens (including phenoxy) is 1. The Morgan fingerprint density at radius 3 is 2.44 bits per heavy atom. The maximum atomic E-state index is 15.0. The summed E-state index contributed by atoms with van der Waals surface area (Å²) in [6.45, 7) is 0.695. The second-order valence-electron chi connectivity index (χ2n) is 10.9. The molecule has 8 nitrogen and oxygen atoms in total. The number of nitrogens with two attached hydrogens (primary N) is 1. The Labute approximate surface area is 248 Å². The number of piperidine rings is 1. The van der Waals surface area contributed by atoms with Crippen molar-refractivity contribution in [3.8, 4) is 0 Å². The molecule has 2 aromatic heterocycles. The van der Waals surface area contributed by atoms with Gasteiger partial charge in [0.25, 0.3) is 5.56 Å². The molecule has 1 fully saturated rings. The molecule has 4 aromatic rings. The topological polar surface area (TPSA) is 95.4 Å². The number of hydrogen-bond donors (Lipinski definition) is 1. The van der Waals surface area contributed by atoms with Crippen LogP contribution in [0.25, 0.3) is 0 Å². The van der Waals surface area contributed by atoms with Crippen LogP contribution in [0.5, 0.6) is 0 Å². The van der Waals surface area contributed by atoms with Crippen molar-refractivity contribution in [3.63, 3.8) is 0 Å². The summed E-state index contributed by atoms with van der Waals surface area (Å²) in [5.74, 6) is -1.10. The van der Waals surface area contributed by atoms with E-state index in [0.717, 1.165) is 32.3 Å². The van der Waals surface area contributed by atoms with Gasteiger partial charge in [-0.2, -0.15) is 13.2 Å². The fourth-order valence-electron chi connectivity index (χ4n) is 6.09. The van der Waals surface area contributed by atoms with Gasteiger partial charge in [0.15, 0.2) is 0 Å². The van der Waals surface area contributed by atoms with Crippen molar-refractivity contribution in [1.82, 2.24) is 19.0 Å². The van der Waals surface area contributed by atoms with Gasteiger partial charge in [-0.25, -0.2) is 14.2 Å². The van der Waals surface area contributed by atoms with Crippen LogP contribution in [-0.4, -0.2) is 32.1 Å². The lowest BCUT2D eigenvalue weighted by Gasteiger charge is -2.38. The number of fused-ring (bicyclic) bond motifs is 2. The molecule has 2 aliphatic heterocycles. The maximum absolute atomic E-state index is 15.0. The van der Waals surface area contributed by atoms with Crippen LogP contribution in [0.2, 0.25) is 0 Å². The number of benzene rings is 2. The summed E-state index contributed by atoms with van der Waals surface area (Å²) in [6, 6.07) is 10.8. The highest BCUT2D eigenvalue weighted by Gasteiger charge is 2.47. The highest BCUT2D eigenvalue weighted by Crippen LogP contribution is 2.43. The van der Waals surface area contributed by atoms with Crippen LogP contribution in [0.15, 0.2) is 69.7 Å². The molecule has 2 aromatic carbocycles. The summed E-state index contributed by atoms with van der Waals surface area (Å²) in [6.07, 6.45) is -2.26. The van der Waals surface area contributed by atoms with Gasteiger partial charge in [0.05, 0.1) is 43.1 Å². The van der Waals surface area contributed by atoms with Crippen molar-refractivity contribution < 1.29 is 22.3 Å². The molecular weight excluding hydrogens is 586 g/mol. The second-order valence-corrected chi connectivity index (χ2v) is 11.9. The van der Waals surface area contributed by atoms with E-state index < -0.39 is 52.6 Å². The van der Waals surface area contributed by atoms with E-state index in [-0.39, 0.29) is 24.4 Å². The Morgan fingerprint density at radius 2 is 1.77 bits per heavy atom. The van der Waals surface area contributed by atoms with Gasteiger partial charge in [-0.05, 0) is 30.5 Å². The van der Waals surface area contributed by atoms with Crippen LogP contribution in [0.3, 0.4) is 0 Å². The van der Waals surface area contributed by atoms with E-state index in [2.05, 4.69) is 9.88 Å². The first-order valence-corrected chi connectivity index (χ1v) is 14.7. The van der Waals surface area contributed by atoms with E-state index in [1.807, 2.05) is 5.38 Å². The average Bonchev–Trinajstić information content (AvgIpc) is 3.63. The van der Waals surface area contributed by atoms with Gasteiger partial charge in [0, 0.05) is 36.3 Å². The molecule has 0 aliphatic carbocycles. The molecule has 1 saturated heterocycles. The molecule has 43 heavy (non-hydrogen) atoms. The lowest BCUT2D eigenvalue weighted by atomic mass is 9.85. The van der Waals surface area contributed by atoms with Crippen LogP contribution < -0.4 is 17.0 Å². The zero-order chi connectivity index (χ0) is 30.4. The zero-order valence-electron chi connectivity index (χ0n) is 23.0. The van der Waals surface area contributed by atoms with Crippen molar-refractivity contribution >= 4 is 11.3 Å². The summed E-state index contributed by atoms with van der Waals surface area (Å²) >= 11 is 1.55. The summed E-state index contributed by atoms with van der Waals surface area (Å²) < 4.78 is 65.0.